The van der Waals surface area contributed by atoms with Crippen LogP contribution in [0.25, 0.3) is 0 Å². The van der Waals surface area contributed by atoms with E-state index in [0.717, 1.165) is 12.5 Å². The second kappa shape index (κ2) is 6.83. The molecule has 1 aromatic rings. The highest BCUT2D eigenvalue weighted by molar-refractivity contribution is 5.98. The van der Waals surface area contributed by atoms with Gasteiger partial charge in [-0.15, -0.1) is 0 Å². The number of fused-ring (bicyclic) bond motifs is 1. The second-order valence-electron chi connectivity index (χ2n) is 7.48. The first kappa shape index (κ1) is 19.1. The van der Waals surface area contributed by atoms with Crippen LogP contribution in [0.4, 0.5) is 17.6 Å². The Labute approximate surface area is 151 Å². The largest absolute Gasteiger partial charge is 0.416 e. The van der Waals surface area contributed by atoms with Gasteiger partial charge in [0.2, 0.25) is 0 Å². The smallest absolute Gasteiger partial charge is 0.337 e. The van der Waals surface area contributed by atoms with E-state index in [4.69, 9.17) is 0 Å². The number of piperidine rings is 1. The summed E-state index contributed by atoms with van der Waals surface area (Å²) in [7, 11) is 1.50. The molecule has 2 heterocycles. The summed E-state index contributed by atoms with van der Waals surface area (Å²) in [6, 6.07) is 2.68. The van der Waals surface area contributed by atoms with Crippen LogP contribution >= 0.6 is 0 Å². The Bertz CT molecular complexity index is 704. The first-order valence-corrected chi connectivity index (χ1v) is 9.00. The molecule has 1 aromatic carbocycles. The fourth-order valence-corrected chi connectivity index (χ4v) is 4.24. The zero-order valence-corrected chi connectivity index (χ0v) is 15.2. The van der Waals surface area contributed by atoms with Crippen molar-refractivity contribution in [3.05, 3.63) is 34.4 Å². The highest BCUT2D eigenvalue weighted by Gasteiger charge is 2.40. The number of carbonyl (C=O) groups excluding carboxylic acids is 1. The van der Waals surface area contributed by atoms with E-state index < -0.39 is 17.9 Å². The molecule has 0 radical (unpaired) electrons. The summed E-state index contributed by atoms with van der Waals surface area (Å²) in [5.74, 6) is -0.380. The Morgan fingerprint density at radius 1 is 1.23 bits per heavy atom. The zero-order chi connectivity index (χ0) is 19.2. The molecule has 3 unspecified atom stereocenters. The number of nitrogens with zero attached hydrogens (tertiary/aromatic N) is 2. The van der Waals surface area contributed by atoms with Gasteiger partial charge in [-0.2, -0.15) is 13.2 Å². The quantitative estimate of drug-likeness (QED) is 0.735. The summed E-state index contributed by atoms with van der Waals surface area (Å²) in [5.41, 5.74) is -0.0826. The van der Waals surface area contributed by atoms with E-state index in [1.807, 2.05) is 13.8 Å². The standard InChI is InChI=1S/C19H24F4N2O/c1-4-14-8-13(20)5-11(2)25(14)9-12-6-15-16(10-24(3)18(15)26)17(7-12)19(21,22)23/h6-7,11,13-14H,4-5,8-10H2,1-3H3. The van der Waals surface area contributed by atoms with Crippen LogP contribution in [0.5, 0.6) is 0 Å². The molecule has 0 N–H and O–H groups in total. The molecule has 1 saturated heterocycles. The predicted octanol–water partition coefficient (Wildman–Crippen LogP) is 4.39. The molecule has 1 amide bonds. The summed E-state index contributed by atoms with van der Waals surface area (Å²) in [4.78, 5) is 15.6. The van der Waals surface area contributed by atoms with E-state index in [0.29, 0.717) is 24.9 Å². The summed E-state index contributed by atoms with van der Waals surface area (Å²) < 4.78 is 54.5. The highest BCUT2D eigenvalue weighted by atomic mass is 19.4. The molecule has 0 spiro atoms. The van der Waals surface area contributed by atoms with Crippen LogP contribution < -0.4 is 0 Å². The molecule has 1 fully saturated rings. The maximum absolute atomic E-state index is 13.9. The molecule has 2 aliphatic rings. The molecule has 0 bridgehead atoms. The van der Waals surface area contributed by atoms with Crippen molar-refractivity contribution >= 4 is 5.91 Å². The molecule has 0 saturated carbocycles. The molecular weight excluding hydrogens is 348 g/mol. The molecule has 26 heavy (non-hydrogen) atoms. The van der Waals surface area contributed by atoms with Gasteiger partial charge in [0.15, 0.2) is 0 Å². The van der Waals surface area contributed by atoms with E-state index in [2.05, 4.69) is 4.90 Å². The molecule has 3 atom stereocenters. The monoisotopic (exact) mass is 372 g/mol. The first-order valence-electron chi connectivity index (χ1n) is 9.00. The molecule has 3 nitrogen and oxygen atoms in total. The summed E-state index contributed by atoms with van der Waals surface area (Å²) in [6.07, 6.45) is -3.85. The fraction of sp³-hybridized carbons (Fsp3) is 0.632. The minimum absolute atomic E-state index is 0.00489. The number of hydrogen-bond acceptors (Lipinski definition) is 2. The third-order valence-electron chi connectivity index (χ3n) is 5.58. The van der Waals surface area contributed by atoms with Crippen LogP contribution in [0.3, 0.4) is 0 Å². The maximum atomic E-state index is 13.9. The Morgan fingerprint density at radius 3 is 2.54 bits per heavy atom. The molecule has 2 aliphatic heterocycles. The van der Waals surface area contributed by atoms with Gasteiger partial charge in [-0.1, -0.05) is 6.92 Å². The van der Waals surface area contributed by atoms with Crippen molar-refractivity contribution < 1.29 is 22.4 Å². The number of rotatable bonds is 3. The first-order chi connectivity index (χ1) is 12.1. The Balaban J connectivity index is 1.97. The SMILES string of the molecule is CCC1CC(F)CC(C)N1Cc1cc2c(c(C(F)(F)F)c1)CN(C)C2=O. The van der Waals surface area contributed by atoms with Gasteiger partial charge in [0.05, 0.1) is 5.56 Å². The van der Waals surface area contributed by atoms with E-state index in [9.17, 15) is 22.4 Å². The molecule has 0 aliphatic carbocycles. The van der Waals surface area contributed by atoms with Crippen molar-refractivity contribution in [2.24, 2.45) is 0 Å². The van der Waals surface area contributed by atoms with Crippen LogP contribution in [-0.4, -0.2) is 41.0 Å². The van der Waals surface area contributed by atoms with Crippen LogP contribution in [-0.2, 0) is 19.3 Å². The predicted molar refractivity (Wildman–Crippen MR) is 90.5 cm³/mol. The molecule has 3 rings (SSSR count). The minimum Gasteiger partial charge on any atom is -0.337 e. The molecule has 0 aromatic heterocycles. The van der Waals surface area contributed by atoms with Crippen LogP contribution in [0.15, 0.2) is 12.1 Å². The second-order valence-corrected chi connectivity index (χ2v) is 7.48. The van der Waals surface area contributed by atoms with Gasteiger partial charge >= 0.3 is 6.18 Å². The lowest BCUT2D eigenvalue weighted by Crippen LogP contribution is -2.47. The number of likely N-dealkylation sites (tertiary alicyclic amines) is 1. The van der Waals surface area contributed by atoms with Crippen molar-refractivity contribution in [2.75, 3.05) is 7.05 Å². The topological polar surface area (TPSA) is 23.6 Å². The minimum atomic E-state index is -4.51. The van der Waals surface area contributed by atoms with Crippen molar-refractivity contribution in [2.45, 2.75) is 70.6 Å². The highest BCUT2D eigenvalue weighted by Crippen LogP contribution is 2.38. The molecule has 144 valence electrons. The molecular formula is C19H24F4N2O. The number of alkyl halides is 4. The van der Waals surface area contributed by atoms with Gasteiger partial charge in [-0.3, -0.25) is 9.69 Å². The lowest BCUT2D eigenvalue weighted by atomic mass is 9.91. The summed E-state index contributed by atoms with van der Waals surface area (Å²) >= 11 is 0. The van der Waals surface area contributed by atoms with E-state index in [1.54, 1.807) is 6.07 Å². The number of hydrogen-bond donors (Lipinski definition) is 0. The van der Waals surface area contributed by atoms with Crippen LogP contribution in [0.1, 0.15) is 60.2 Å². The van der Waals surface area contributed by atoms with Gasteiger partial charge in [0, 0.05) is 37.8 Å². The average molecular weight is 372 g/mol. The van der Waals surface area contributed by atoms with Crippen LogP contribution in [0.2, 0.25) is 0 Å². The van der Waals surface area contributed by atoms with Crippen molar-refractivity contribution in [1.82, 2.24) is 9.80 Å². The van der Waals surface area contributed by atoms with E-state index in [1.165, 1.54) is 11.9 Å². The third-order valence-corrected chi connectivity index (χ3v) is 5.58. The van der Waals surface area contributed by atoms with Gasteiger partial charge in [0.25, 0.3) is 5.91 Å². The maximum Gasteiger partial charge on any atom is 0.416 e. The average Bonchev–Trinajstić information content (AvgIpc) is 2.83. The van der Waals surface area contributed by atoms with Gasteiger partial charge in [0.1, 0.15) is 6.17 Å². The lowest BCUT2D eigenvalue weighted by molar-refractivity contribution is -0.138. The zero-order valence-electron chi connectivity index (χ0n) is 15.2. The normalized spacial score (nSPS) is 27.1. The van der Waals surface area contributed by atoms with Crippen LogP contribution in [0, 0.1) is 0 Å². The summed E-state index contributed by atoms with van der Waals surface area (Å²) in [5, 5.41) is 0. The molecule has 7 heteroatoms. The Kier molecular flexibility index (Phi) is 5.03. The van der Waals surface area contributed by atoms with Crippen molar-refractivity contribution in [3.8, 4) is 0 Å². The fourth-order valence-electron chi connectivity index (χ4n) is 4.24. The van der Waals surface area contributed by atoms with E-state index in [-0.39, 0.29) is 35.7 Å². The van der Waals surface area contributed by atoms with Gasteiger partial charge in [-0.25, -0.2) is 4.39 Å². The lowest BCUT2D eigenvalue weighted by Gasteiger charge is -2.42. The number of amides is 1. The van der Waals surface area contributed by atoms with Crippen molar-refractivity contribution in [1.29, 1.82) is 0 Å². The van der Waals surface area contributed by atoms with Crippen molar-refractivity contribution in [3.63, 3.8) is 0 Å². The number of carbonyl (C=O) groups is 1. The summed E-state index contributed by atoms with van der Waals surface area (Å²) in [6.45, 7) is 4.14. The Hall–Kier alpha value is -1.63. The van der Waals surface area contributed by atoms with Gasteiger partial charge in [-0.05, 0) is 49.4 Å². The van der Waals surface area contributed by atoms with Gasteiger partial charge < -0.3 is 4.90 Å². The third kappa shape index (κ3) is 3.46. The Morgan fingerprint density at radius 2 is 1.92 bits per heavy atom. The number of halogens is 4. The number of benzene rings is 1. The van der Waals surface area contributed by atoms with E-state index >= 15 is 0 Å².